The molecule has 1 aromatic heterocycles. The highest BCUT2D eigenvalue weighted by Gasteiger charge is 2.28. The fraction of sp³-hybridized carbons (Fsp3) is 0.267. The Morgan fingerprint density at radius 2 is 1.83 bits per heavy atom. The maximum absolute atomic E-state index is 12.1. The van der Waals surface area contributed by atoms with Gasteiger partial charge in [0.1, 0.15) is 0 Å². The zero-order valence-corrected chi connectivity index (χ0v) is 14.1. The van der Waals surface area contributed by atoms with Crippen molar-refractivity contribution in [1.82, 2.24) is 9.97 Å². The molecule has 2 aromatic rings. The van der Waals surface area contributed by atoms with Crippen molar-refractivity contribution in [2.24, 2.45) is 0 Å². The first kappa shape index (κ1) is 16.7. The summed E-state index contributed by atoms with van der Waals surface area (Å²) >= 11 is 5.79. The summed E-state index contributed by atoms with van der Waals surface area (Å²) in [5.74, 6) is 0.217. The van der Waals surface area contributed by atoms with Crippen LogP contribution >= 0.6 is 11.6 Å². The Morgan fingerprint density at radius 3 is 2.42 bits per heavy atom. The zero-order chi connectivity index (χ0) is 17.2. The van der Waals surface area contributed by atoms with Crippen molar-refractivity contribution in [2.75, 3.05) is 22.1 Å². The van der Waals surface area contributed by atoms with Crippen LogP contribution in [-0.4, -0.2) is 41.8 Å². The number of anilines is 2. The Kier molecular flexibility index (Phi) is 4.68. The summed E-state index contributed by atoms with van der Waals surface area (Å²) in [6.07, 6.45) is 3.32. The maximum Gasteiger partial charge on any atom is 0.258 e. The van der Waals surface area contributed by atoms with Crippen molar-refractivity contribution in [3.63, 3.8) is 0 Å². The number of hydrogen-bond donors (Lipinski definition) is 2. The highest BCUT2D eigenvalue weighted by Crippen LogP contribution is 2.16. The summed E-state index contributed by atoms with van der Waals surface area (Å²) in [4.78, 5) is 20.3. The van der Waals surface area contributed by atoms with E-state index in [2.05, 4.69) is 20.6 Å². The number of hydrogen-bond acceptors (Lipinski definition) is 6. The number of halogens is 1. The number of amides is 1. The highest BCUT2D eigenvalue weighted by atomic mass is 35.5. The fourth-order valence-corrected chi connectivity index (χ4v) is 4.15. The number of benzene rings is 1. The normalized spacial score (nSPS) is 19.0. The quantitative estimate of drug-likeness (QED) is 0.858. The molecule has 1 saturated heterocycles. The summed E-state index contributed by atoms with van der Waals surface area (Å²) < 4.78 is 22.9. The Labute approximate surface area is 144 Å². The molecule has 1 aromatic carbocycles. The van der Waals surface area contributed by atoms with Gasteiger partial charge in [-0.15, -0.1) is 0 Å². The number of carbonyl (C=O) groups is 1. The molecule has 1 unspecified atom stereocenters. The molecule has 0 aliphatic carbocycles. The molecule has 0 saturated carbocycles. The van der Waals surface area contributed by atoms with Gasteiger partial charge < -0.3 is 10.6 Å². The number of sulfone groups is 1. The predicted molar refractivity (Wildman–Crippen MR) is 92.1 cm³/mol. The van der Waals surface area contributed by atoms with Gasteiger partial charge in [-0.05, 0) is 30.7 Å². The van der Waals surface area contributed by atoms with Crippen molar-refractivity contribution >= 4 is 39.0 Å². The van der Waals surface area contributed by atoms with Crippen molar-refractivity contribution in [3.05, 3.63) is 47.2 Å². The Balaban J connectivity index is 1.61. The Bertz CT molecular complexity index is 838. The number of carbonyl (C=O) groups excluding carboxylic acids is 1. The van der Waals surface area contributed by atoms with E-state index < -0.39 is 9.84 Å². The third kappa shape index (κ3) is 4.21. The van der Waals surface area contributed by atoms with Gasteiger partial charge in [-0.25, -0.2) is 18.4 Å². The molecule has 0 bridgehead atoms. The Hall–Kier alpha value is -2.19. The van der Waals surface area contributed by atoms with Crippen LogP contribution < -0.4 is 10.6 Å². The van der Waals surface area contributed by atoms with Crippen LogP contribution in [0.25, 0.3) is 0 Å². The van der Waals surface area contributed by atoms with E-state index in [1.165, 1.54) is 12.4 Å². The van der Waals surface area contributed by atoms with Gasteiger partial charge in [0.05, 0.1) is 17.1 Å². The molecule has 1 atom stereocenters. The summed E-state index contributed by atoms with van der Waals surface area (Å²) in [5, 5.41) is 6.27. The smallest absolute Gasteiger partial charge is 0.258 e. The van der Waals surface area contributed by atoms with Crippen LogP contribution in [0.1, 0.15) is 16.8 Å². The first-order valence-electron chi connectivity index (χ1n) is 7.27. The van der Waals surface area contributed by atoms with E-state index in [0.717, 1.165) is 0 Å². The minimum atomic E-state index is -2.97. The molecule has 126 valence electrons. The molecule has 1 amide bonds. The van der Waals surface area contributed by atoms with Crippen LogP contribution in [0.15, 0.2) is 36.7 Å². The van der Waals surface area contributed by atoms with Crippen molar-refractivity contribution < 1.29 is 13.2 Å². The molecule has 2 heterocycles. The molecule has 24 heavy (non-hydrogen) atoms. The van der Waals surface area contributed by atoms with E-state index in [-0.39, 0.29) is 23.5 Å². The van der Waals surface area contributed by atoms with E-state index in [4.69, 9.17) is 11.6 Å². The van der Waals surface area contributed by atoms with Crippen molar-refractivity contribution in [3.8, 4) is 0 Å². The first-order valence-corrected chi connectivity index (χ1v) is 9.47. The molecule has 9 heteroatoms. The molecule has 1 aliphatic rings. The summed E-state index contributed by atoms with van der Waals surface area (Å²) in [7, 11) is -2.97. The molecule has 1 aliphatic heterocycles. The summed E-state index contributed by atoms with van der Waals surface area (Å²) in [6.45, 7) is 0. The van der Waals surface area contributed by atoms with Gasteiger partial charge in [0.15, 0.2) is 9.84 Å². The second kappa shape index (κ2) is 6.74. The number of rotatable bonds is 4. The van der Waals surface area contributed by atoms with Crippen LogP contribution in [0.2, 0.25) is 5.02 Å². The standard InChI is InChI=1S/C15H15ClN4O3S/c16-11-1-3-12(4-2-11)19-14(21)10-7-17-15(18-8-10)20-13-5-6-24(22,23)9-13/h1-4,7-8,13H,5-6,9H2,(H,19,21)(H,17,18,20). The van der Waals surface area contributed by atoms with E-state index >= 15 is 0 Å². The summed E-state index contributed by atoms with van der Waals surface area (Å²) in [5.41, 5.74) is 0.914. The topological polar surface area (TPSA) is 101 Å². The molecule has 7 nitrogen and oxygen atoms in total. The minimum Gasteiger partial charge on any atom is -0.350 e. The van der Waals surface area contributed by atoms with E-state index in [9.17, 15) is 13.2 Å². The van der Waals surface area contributed by atoms with Crippen LogP contribution in [0.5, 0.6) is 0 Å². The Morgan fingerprint density at radius 1 is 1.17 bits per heavy atom. The lowest BCUT2D eigenvalue weighted by atomic mass is 10.2. The van der Waals surface area contributed by atoms with Crippen LogP contribution in [0.4, 0.5) is 11.6 Å². The lowest BCUT2D eigenvalue weighted by molar-refractivity contribution is 0.102. The van der Waals surface area contributed by atoms with E-state index in [0.29, 0.717) is 28.6 Å². The van der Waals surface area contributed by atoms with Crippen LogP contribution in [0, 0.1) is 0 Å². The zero-order valence-electron chi connectivity index (χ0n) is 12.6. The molecule has 2 N–H and O–H groups in total. The third-order valence-corrected chi connectivity index (χ3v) is 5.60. The lowest BCUT2D eigenvalue weighted by Gasteiger charge is -2.10. The molecule has 0 radical (unpaired) electrons. The SMILES string of the molecule is O=C(Nc1ccc(Cl)cc1)c1cnc(NC2CCS(=O)(=O)C2)nc1. The minimum absolute atomic E-state index is 0.0785. The maximum atomic E-state index is 12.1. The van der Waals surface area contributed by atoms with Crippen molar-refractivity contribution in [2.45, 2.75) is 12.5 Å². The molecule has 0 spiro atoms. The largest absolute Gasteiger partial charge is 0.350 e. The van der Waals surface area contributed by atoms with Crippen LogP contribution in [0.3, 0.4) is 0 Å². The predicted octanol–water partition coefficient (Wildman–Crippen LogP) is 1.98. The second-order valence-corrected chi connectivity index (χ2v) is 8.17. The number of nitrogens with one attached hydrogen (secondary N) is 2. The molecule has 1 fully saturated rings. The third-order valence-electron chi connectivity index (χ3n) is 3.58. The fourth-order valence-electron chi connectivity index (χ4n) is 2.35. The molecular weight excluding hydrogens is 352 g/mol. The number of aromatic nitrogens is 2. The summed E-state index contributed by atoms with van der Waals surface area (Å²) in [6, 6.07) is 6.55. The second-order valence-electron chi connectivity index (χ2n) is 5.50. The van der Waals surface area contributed by atoms with Gasteiger partial charge in [0, 0.05) is 29.1 Å². The van der Waals surface area contributed by atoms with E-state index in [1.807, 2.05) is 0 Å². The van der Waals surface area contributed by atoms with Gasteiger partial charge in [-0.2, -0.15) is 0 Å². The monoisotopic (exact) mass is 366 g/mol. The average Bonchev–Trinajstić information content (AvgIpc) is 2.89. The van der Waals surface area contributed by atoms with E-state index in [1.54, 1.807) is 24.3 Å². The lowest BCUT2D eigenvalue weighted by Crippen LogP contribution is -2.22. The molecular formula is C15H15ClN4O3S. The van der Waals surface area contributed by atoms with Gasteiger partial charge in [-0.3, -0.25) is 4.79 Å². The van der Waals surface area contributed by atoms with Crippen molar-refractivity contribution in [1.29, 1.82) is 0 Å². The van der Waals surface area contributed by atoms with Gasteiger partial charge in [0.2, 0.25) is 5.95 Å². The first-order chi connectivity index (χ1) is 11.4. The highest BCUT2D eigenvalue weighted by molar-refractivity contribution is 7.91. The molecule has 3 rings (SSSR count). The van der Waals surface area contributed by atoms with Crippen LogP contribution in [-0.2, 0) is 9.84 Å². The van der Waals surface area contributed by atoms with Gasteiger partial charge >= 0.3 is 0 Å². The average molecular weight is 367 g/mol. The van der Waals surface area contributed by atoms with Gasteiger partial charge in [-0.1, -0.05) is 11.6 Å². The van der Waals surface area contributed by atoms with Gasteiger partial charge in [0.25, 0.3) is 5.91 Å². The number of nitrogens with zero attached hydrogens (tertiary/aromatic N) is 2.